The molecule has 0 radical (unpaired) electrons. The largest absolute Gasteiger partial charge is 0.505 e. The Balaban J connectivity index is 3.06. The quantitative estimate of drug-likeness (QED) is 0.330. The number of rotatable bonds is 4. The van der Waals surface area contributed by atoms with Crippen molar-refractivity contribution in [1.82, 2.24) is 0 Å². The standard InChI is InChI=1S/C15H6Cl6F4O2/c16-7-1-5(2-8(17)11(7)26)13(14(20,22)23,15(21,24)25)6-3-9(18)12(27)10(19)4-6/h1-4,26-27H. The van der Waals surface area contributed by atoms with E-state index < -0.39 is 58.9 Å². The first-order valence-corrected chi connectivity index (χ1v) is 8.91. The molecule has 0 spiro atoms. The smallest absolute Gasteiger partial charge is 0.342 e. The number of phenolic OH excluding ortho intramolecular Hbond substituents is 2. The molecular weight excluding hydrogens is 501 g/mol. The van der Waals surface area contributed by atoms with Gasteiger partial charge in [-0.3, -0.25) is 0 Å². The number of aromatic hydroxyl groups is 2. The highest BCUT2D eigenvalue weighted by atomic mass is 35.5. The normalized spacial score (nSPS) is 13.1. The summed E-state index contributed by atoms with van der Waals surface area (Å²) < 4.78 is 58.2. The molecule has 148 valence electrons. The van der Waals surface area contributed by atoms with Crippen molar-refractivity contribution >= 4 is 69.6 Å². The molecule has 0 heterocycles. The van der Waals surface area contributed by atoms with Gasteiger partial charge in [0.25, 0.3) is 0 Å². The Hall–Kier alpha value is -0.500. The molecule has 0 unspecified atom stereocenters. The summed E-state index contributed by atoms with van der Waals surface area (Å²) in [5, 5.41) is 7.30. The van der Waals surface area contributed by atoms with E-state index >= 15 is 0 Å². The van der Waals surface area contributed by atoms with Crippen LogP contribution < -0.4 is 0 Å². The van der Waals surface area contributed by atoms with Gasteiger partial charge >= 0.3 is 10.8 Å². The van der Waals surface area contributed by atoms with Crippen LogP contribution in [-0.2, 0) is 5.41 Å². The lowest BCUT2D eigenvalue weighted by Gasteiger charge is -2.41. The van der Waals surface area contributed by atoms with Crippen LogP contribution in [0.1, 0.15) is 11.1 Å². The van der Waals surface area contributed by atoms with Gasteiger partial charge in [0.1, 0.15) is 0 Å². The summed E-state index contributed by atoms with van der Waals surface area (Å²) in [5.41, 5.74) is -5.66. The fraction of sp³-hybridized carbons (Fsp3) is 0.200. The first-order chi connectivity index (χ1) is 12.1. The molecule has 0 bridgehead atoms. The van der Waals surface area contributed by atoms with Gasteiger partial charge in [-0.25, -0.2) is 0 Å². The third-order valence-electron chi connectivity index (χ3n) is 3.75. The van der Waals surface area contributed by atoms with E-state index in [1.165, 1.54) is 0 Å². The summed E-state index contributed by atoms with van der Waals surface area (Å²) in [6.45, 7) is 0. The highest BCUT2D eigenvalue weighted by Gasteiger charge is 2.69. The Morgan fingerprint density at radius 3 is 1.00 bits per heavy atom. The van der Waals surface area contributed by atoms with Crippen molar-refractivity contribution in [3.63, 3.8) is 0 Å². The van der Waals surface area contributed by atoms with Gasteiger partial charge in [0.2, 0.25) is 0 Å². The third kappa shape index (κ3) is 3.72. The van der Waals surface area contributed by atoms with Gasteiger partial charge in [-0.05, 0) is 58.6 Å². The number of alkyl halides is 6. The van der Waals surface area contributed by atoms with E-state index in [-0.39, 0.29) is 0 Å². The van der Waals surface area contributed by atoms with Crippen molar-refractivity contribution < 1.29 is 27.8 Å². The highest BCUT2D eigenvalue weighted by molar-refractivity contribution is 6.38. The molecule has 0 aliphatic rings. The van der Waals surface area contributed by atoms with Crippen molar-refractivity contribution in [3.8, 4) is 11.5 Å². The van der Waals surface area contributed by atoms with Crippen molar-refractivity contribution in [2.45, 2.75) is 16.2 Å². The second kappa shape index (κ2) is 7.39. The van der Waals surface area contributed by atoms with Gasteiger partial charge in [-0.2, -0.15) is 17.6 Å². The highest BCUT2D eigenvalue weighted by Crippen LogP contribution is 2.60. The van der Waals surface area contributed by atoms with E-state index in [1.54, 1.807) is 0 Å². The van der Waals surface area contributed by atoms with E-state index in [0.717, 1.165) is 0 Å². The topological polar surface area (TPSA) is 40.5 Å². The maximum atomic E-state index is 14.5. The van der Waals surface area contributed by atoms with Gasteiger partial charge < -0.3 is 10.2 Å². The Bertz CT molecular complexity index is 775. The minimum atomic E-state index is -4.74. The summed E-state index contributed by atoms with van der Waals surface area (Å²) >= 11 is 33.0. The van der Waals surface area contributed by atoms with Crippen molar-refractivity contribution in [2.24, 2.45) is 0 Å². The van der Waals surface area contributed by atoms with Crippen LogP contribution in [0.4, 0.5) is 17.6 Å². The van der Waals surface area contributed by atoms with Gasteiger partial charge in [-0.1, -0.05) is 46.4 Å². The second-order valence-electron chi connectivity index (χ2n) is 5.32. The average molecular weight is 507 g/mol. The molecule has 0 aromatic heterocycles. The third-order valence-corrected chi connectivity index (χ3v) is 5.47. The molecule has 2 aromatic carbocycles. The lowest BCUT2D eigenvalue weighted by Crippen LogP contribution is -2.53. The fourth-order valence-corrected chi connectivity index (χ4v) is 4.24. The zero-order chi connectivity index (χ0) is 20.9. The van der Waals surface area contributed by atoms with Crippen LogP contribution in [0.3, 0.4) is 0 Å². The molecule has 2 rings (SSSR count). The molecule has 2 aromatic rings. The monoisotopic (exact) mass is 504 g/mol. The number of hydrogen-bond donors (Lipinski definition) is 2. The number of hydrogen-bond acceptors (Lipinski definition) is 2. The van der Waals surface area contributed by atoms with Crippen LogP contribution in [0.25, 0.3) is 0 Å². The molecule has 0 saturated carbocycles. The summed E-state index contributed by atoms with van der Waals surface area (Å²) in [6.07, 6.45) is 0. The Morgan fingerprint density at radius 2 is 0.815 bits per heavy atom. The van der Waals surface area contributed by atoms with E-state index in [4.69, 9.17) is 69.6 Å². The summed E-state index contributed by atoms with van der Waals surface area (Å²) in [5.74, 6) is -1.46. The van der Waals surface area contributed by atoms with E-state index in [1.807, 2.05) is 0 Å². The molecule has 0 atom stereocenters. The minimum absolute atomic E-state index is 0.601. The summed E-state index contributed by atoms with van der Waals surface area (Å²) in [4.78, 5) is 0. The van der Waals surface area contributed by atoms with Crippen LogP contribution in [0, 0.1) is 0 Å². The summed E-state index contributed by atoms with van der Waals surface area (Å²) in [7, 11) is 0. The molecule has 2 nitrogen and oxygen atoms in total. The molecule has 0 amide bonds. The number of halogens is 10. The molecular formula is C15H6Cl6F4O2. The van der Waals surface area contributed by atoms with Crippen LogP contribution in [0.5, 0.6) is 11.5 Å². The molecule has 27 heavy (non-hydrogen) atoms. The van der Waals surface area contributed by atoms with Crippen LogP contribution in [0.15, 0.2) is 24.3 Å². The zero-order valence-corrected chi connectivity index (χ0v) is 17.0. The Morgan fingerprint density at radius 1 is 0.593 bits per heavy atom. The van der Waals surface area contributed by atoms with Crippen LogP contribution in [0.2, 0.25) is 20.1 Å². The second-order valence-corrected chi connectivity index (χ2v) is 7.90. The van der Waals surface area contributed by atoms with Crippen LogP contribution in [-0.4, -0.2) is 21.0 Å². The van der Waals surface area contributed by atoms with Gasteiger partial charge in [-0.15, -0.1) is 0 Å². The molecule has 0 fully saturated rings. The van der Waals surface area contributed by atoms with E-state index in [0.29, 0.717) is 24.3 Å². The molecule has 2 N–H and O–H groups in total. The first kappa shape index (κ1) is 22.8. The van der Waals surface area contributed by atoms with E-state index in [2.05, 4.69) is 0 Å². The Labute approximate surface area is 180 Å². The van der Waals surface area contributed by atoms with E-state index in [9.17, 15) is 27.8 Å². The first-order valence-electron chi connectivity index (χ1n) is 6.65. The van der Waals surface area contributed by atoms with Crippen LogP contribution >= 0.6 is 69.6 Å². The summed E-state index contributed by atoms with van der Waals surface area (Å²) in [6, 6.07) is 2.40. The van der Waals surface area contributed by atoms with Gasteiger partial charge in [0, 0.05) is 0 Å². The minimum Gasteiger partial charge on any atom is -0.505 e. The fourth-order valence-electron chi connectivity index (χ4n) is 2.55. The Kier molecular flexibility index (Phi) is 6.24. The average Bonchev–Trinajstić information content (AvgIpc) is 2.47. The maximum absolute atomic E-state index is 14.5. The molecule has 0 aliphatic carbocycles. The zero-order valence-electron chi connectivity index (χ0n) is 12.5. The lowest BCUT2D eigenvalue weighted by atomic mass is 9.74. The van der Waals surface area contributed by atoms with Gasteiger partial charge in [0.05, 0.1) is 20.1 Å². The SMILES string of the molecule is Oc1c(Cl)cc(C(c2cc(Cl)c(O)c(Cl)c2)(C(F)(F)Cl)C(F)(F)Cl)cc1Cl. The maximum Gasteiger partial charge on any atom is 0.342 e. The van der Waals surface area contributed by atoms with Crippen molar-refractivity contribution in [1.29, 1.82) is 0 Å². The number of benzene rings is 2. The van der Waals surface area contributed by atoms with Crippen molar-refractivity contribution in [2.75, 3.05) is 0 Å². The predicted octanol–water partition coefficient (Wildman–Crippen LogP) is 7.66. The molecule has 0 saturated heterocycles. The predicted molar refractivity (Wildman–Crippen MR) is 98.6 cm³/mol. The molecule has 0 aliphatic heterocycles. The lowest BCUT2D eigenvalue weighted by molar-refractivity contribution is -0.0874. The van der Waals surface area contributed by atoms with Gasteiger partial charge in [0.15, 0.2) is 16.9 Å². The molecule has 12 heteroatoms. The number of phenols is 2. The van der Waals surface area contributed by atoms with Crippen molar-refractivity contribution in [3.05, 3.63) is 55.5 Å².